The molecule has 3 N–H and O–H groups in total. The van der Waals surface area contributed by atoms with Crippen LogP contribution < -0.4 is 31.4 Å². The summed E-state index contributed by atoms with van der Waals surface area (Å²) in [5, 5.41) is 0. The first-order chi connectivity index (χ1) is 17.2. The zero-order valence-electron chi connectivity index (χ0n) is 20.9. The minimum atomic E-state index is -0.722. The Balaban J connectivity index is 1.67. The molecule has 0 radical (unpaired) electrons. The van der Waals surface area contributed by atoms with Gasteiger partial charge in [-0.3, -0.25) is 24.0 Å². The van der Waals surface area contributed by atoms with E-state index in [1.54, 1.807) is 6.07 Å². The number of para-hydroxylation sites is 1. The topological polar surface area (TPSA) is 120 Å². The van der Waals surface area contributed by atoms with Gasteiger partial charge in [0.15, 0.2) is 23.8 Å². The summed E-state index contributed by atoms with van der Waals surface area (Å²) in [5.74, 6) is 0.551. The van der Waals surface area contributed by atoms with Gasteiger partial charge >= 0.3 is 5.69 Å². The van der Waals surface area contributed by atoms with Crippen molar-refractivity contribution in [2.75, 3.05) is 17.2 Å². The van der Waals surface area contributed by atoms with Gasteiger partial charge in [0.1, 0.15) is 11.4 Å². The zero-order chi connectivity index (χ0) is 25.9. The molecular formula is C27H32N4O5. The summed E-state index contributed by atoms with van der Waals surface area (Å²) in [4.78, 5) is 42.5. The molecule has 3 aromatic rings. The fourth-order valence-electron chi connectivity index (χ4n) is 4.35. The van der Waals surface area contributed by atoms with Crippen LogP contribution in [-0.4, -0.2) is 27.7 Å². The molecule has 1 amide bonds. The van der Waals surface area contributed by atoms with Crippen molar-refractivity contribution in [2.24, 2.45) is 0 Å². The van der Waals surface area contributed by atoms with Crippen molar-refractivity contribution >= 4 is 17.4 Å². The van der Waals surface area contributed by atoms with Gasteiger partial charge in [0.2, 0.25) is 0 Å². The van der Waals surface area contributed by atoms with Crippen molar-refractivity contribution in [1.29, 1.82) is 0 Å². The Hall–Kier alpha value is -4.01. The van der Waals surface area contributed by atoms with Crippen molar-refractivity contribution in [3.05, 3.63) is 80.5 Å². The van der Waals surface area contributed by atoms with Gasteiger partial charge < -0.3 is 15.2 Å². The maximum Gasteiger partial charge on any atom is 0.330 e. The Morgan fingerprint density at radius 3 is 2.64 bits per heavy atom. The first kappa shape index (κ1) is 25.1. The van der Waals surface area contributed by atoms with Gasteiger partial charge in [0, 0.05) is 18.5 Å². The fourth-order valence-corrected chi connectivity index (χ4v) is 4.35. The quantitative estimate of drug-likeness (QED) is 0.473. The molecule has 9 nitrogen and oxygen atoms in total. The van der Waals surface area contributed by atoms with E-state index in [9.17, 15) is 14.4 Å². The fraction of sp³-hybridized carbons (Fsp3) is 0.370. The van der Waals surface area contributed by atoms with Crippen LogP contribution in [0, 0.1) is 0 Å². The van der Waals surface area contributed by atoms with E-state index in [1.165, 1.54) is 9.47 Å². The number of carbonyl (C=O) groups excluding carboxylic acids is 1. The molecule has 0 aliphatic carbocycles. The second kappa shape index (κ2) is 10.3. The third-order valence-corrected chi connectivity index (χ3v) is 6.11. The number of fused-ring (bicyclic) bond motifs is 1. The lowest BCUT2D eigenvalue weighted by atomic mass is 10.0. The summed E-state index contributed by atoms with van der Waals surface area (Å²) in [7, 11) is 0. The van der Waals surface area contributed by atoms with Gasteiger partial charge in [0.05, 0.1) is 6.54 Å². The standard InChI is InChI=1S/C27H32N4O5/c1-4-5-14-30-24(28)22(25(33)29-26(30)34)31(16-18-10-7-6-8-11-18)21(32)17-35-20-13-9-12-19-15-27(2,3)36-23(19)20/h6-13H,4-5,14-17,28H2,1-3H3,(H,29,33,34). The molecule has 0 saturated heterocycles. The van der Waals surface area contributed by atoms with Crippen molar-refractivity contribution < 1.29 is 14.3 Å². The lowest BCUT2D eigenvalue weighted by Gasteiger charge is -2.25. The van der Waals surface area contributed by atoms with Crippen molar-refractivity contribution in [3.8, 4) is 11.5 Å². The summed E-state index contributed by atoms with van der Waals surface area (Å²) in [6, 6.07) is 14.8. The van der Waals surface area contributed by atoms with Crippen molar-refractivity contribution in [3.63, 3.8) is 0 Å². The molecule has 1 aliphatic rings. The van der Waals surface area contributed by atoms with E-state index in [-0.39, 0.29) is 30.3 Å². The minimum Gasteiger partial charge on any atom is -0.483 e. The molecule has 2 heterocycles. The normalized spacial score (nSPS) is 13.6. The van der Waals surface area contributed by atoms with E-state index >= 15 is 0 Å². The molecule has 1 aromatic heterocycles. The van der Waals surface area contributed by atoms with Crippen LogP contribution in [0.1, 0.15) is 44.7 Å². The highest BCUT2D eigenvalue weighted by molar-refractivity contribution is 5.96. The van der Waals surface area contributed by atoms with Gasteiger partial charge in [-0.1, -0.05) is 55.8 Å². The van der Waals surface area contributed by atoms with Gasteiger partial charge in [0.25, 0.3) is 11.5 Å². The van der Waals surface area contributed by atoms with Crippen LogP contribution in [0.25, 0.3) is 0 Å². The Morgan fingerprint density at radius 1 is 1.17 bits per heavy atom. The molecule has 0 bridgehead atoms. The minimum absolute atomic E-state index is 0.0489. The lowest BCUT2D eigenvalue weighted by molar-refractivity contribution is -0.120. The highest BCUT2D eigenvalue weighted by Gasteiger charge is 2.33. The third-order valence-electron chi connectivity index (χ3n) is 6.11. The van der Waals surface area contributed by atoms with E-state index in [4.69, 9.17) is 15.2 Å². The predicted octanol–water partition coefficient (Wildman–Crippen LogP) is 3.24. The highest BCUT2D eigenvalue weighted by atomic mass is 16.5. The zero-order valence-corrected chi connectivity index (χ0v) is 20.9. The van der Waals surface area contributed by atoms with Crippen molar-refractivity contribution in [2.45, 2.75) is 58.7 Å². The summed E-state index contributed by atoms with van der Waals surface area (Å²) in [6.07, 6.45) is 2.26. The third kappa shape index (κ3) is 5.30. The summed E-state index contributed by atoms with van der Waals surface area (Å²) >= 11 is 0. The number of hydrogen-bond donors (Lipinski definition) is 2. The summed E-state index contributed by atoms with van der Waals surface area (Å²) in [5.41, 5.74) is 6.37. The number of aromatic nitrogens is 2. The molecule has 2 aromatic carbocycles. The van der Waals surface area contributed by atoms with Crippen LogP contribution in [0.2, 0.25) is 0 Å². The Morgan fingerprint density at radius 2 is 1.92 bits per heavy atom. The predicted molar refractivity (Wildman–Crippen MR) is 139 cm³/mol. The number of unbranched alkanes of at least 4 members (excludes halogenated alkanes) is 1. The van der Waals surface area contributed by atoms with E-state index in [0.29, 0.717) is 24.5 Å². The second-order valence-electron chi connectivity index (χ2n) is 9.54. The molecule has 0 saturated carbocycles. The Labute approximate surface area is 209 Å². The van der Waals surface area contributed by atoms with Gasteiger partial charge in [-0.2, -0.15) is 0 Å². The van der Waals surface area contributed by atoms with Crippen LogP contribution in [0.4, 0.5) is 11.5 Å². The van der Waals surface area contributed by atoms with E-state index in [1.807, 2.05) is 63.2 Å². The van der Waals surface area contributed by atoms with Gasteiger partial charge in [-0.05, 0) is 31.9 Å². The van der Waals surface area contributed by atoms with Crippen LogP contribution in [-0.2, 0) is 24.3 Å². The number of carbonyl (C=O) groups is 1. The number of hydrogen-bond acceptors (Lipinski definition) is 6. The van der Waals surface area contributed by atoms with E-state index < -0.39 is 17.2 Å². The molecule has 190 valence electrons. The number of nitrogen functional groups attached to an aromatic ring is 1. The largest absolute Gasteiger partial charge is 0.483 e. The second-order valence-corrected chi connectivity index (χ2v) is 9.54. The van der Waals surface area contributed by atoms with Crippen LogP contribution in [0.15, 0.2) is 58.1 Å². The van der Waals surface area contributed by atoms with E-state index in [0.717, 1.165) is 24.0 Å². The SMILES string of the molecule is CCCCn1c(N)c(N(Cc2ccccc2)C(=O)COc2cccc3c2OC(C)(C)C3)c(=O)[nH]c1=O. The van der Waals surface area contributed by atoms with Crippen LogP contribution >= 0.6 is 0 Å². The van der Waals surface area contributed by atoms with Crippen LogP contribution in [0.5, 0.6) is 11.5 Å². The molecule has 9 heteroatoms. The molecule has 0 unspecified atom stereocenters. The average molecular weight is 493 g/mol. The number of ether oxygens (including phenoxy) is 2. The van der Waals surface area contributed by atoms with Gasteiger partial charge in [-0.15, -0.1) is 0 Å². The smallest absolute Gasteiger partial charge is 0.330 e. The van der Waals surface area contributed by atoms with Crippen LogP contribution in [0.3, 0.4) is 0 Å². The first-order valence-electron chi connectivity index (χ1n) is 12.1. The molecule has 0 fully saturated rings. The van der Waals surface area contributed by atoms with Crippen molar-refractivity contribution in [1.82, 2.24) is 9.55 Å². The number of anilines is 2. The Kier molecular flexibility index (Phi) is 7.19. The van der Waals surface area contributed by atoms with Gasteiger partial charge in [-0.25, -0.2) is 4.79 Å². The number of nitrogens with two attached hydrogens (primary N) is 1. The first-order valence-corrected chi connectivity index (χ1v) is 12.1. The number of aromatic amines is 1. The highest BCUT2D eigenvalue weighted by Crippen LogP contribution is 2.41. The maximum atomic E-state index is 13.5. The number of H-pyrrole nitrogens is 1. The summed E-state index contributed by atoms with van der Waals surface area (Å²) in [6.45, 7) is 6.04. The molecular weight excluding hydrogens is 460 g/mol. The Bertz CT molecular complexity index is 1360. The monoisotopic (exact) mass is 492 g/mol. The number of amides is 1. The van der Waals surface area contributed by atoms with E-state index in [2.05, 4.69) is 4.98 Å². The molecule has 0 spiro atoms. The number of nitrogens with zero attached hydrogens (tertiary/aromatic N) is 2. The average Bonchev–Trinajstić information content (AvgIpc) is 3.16. The molecule has 4 rings (SSSR count). The number of benzene rings is 2. The molecule has 36 heavy (non-hydrogen) atoms. The molecule has 0 atom stereocenters. The number of rotatable bonds is 9. The summed E-state index contributed by atoms with van der Waals surface area (Å²) < 4.78 is 13.2. The maximum absolute atomic E-state index is 13.5. The molecule has 1 aliphatic heterocycles. The lowest BCUT2D eigenvalue weighted by Crippen LogP contribution is -2.42. The number of nitrogens with one attached hydrogen (secondary N) is 1.